The van der Waals surface area contributed by atoms with Crippen molar-refractivity contribution in [3.8, 4) is 0 Å². The molecule has 0 spiro atoms. The second kappa shape index (κ2) is 8.03. The van der Waals surface area contributed by atoms with Gasteiger partial charge in [0.15, 0.2) is 0 Å². The molecule has 116 valence electrons. The Hall–Kier alpha value is -1.55. The first-order valence-corrected chi connectivity index (χ1v) is 7.48. The number of rotatable bonds is 7. The summed E-state index contributed by atoms with van der Waals surface area (Å²) < 4.78 is 5.11. The number of carbonyl (C=O) groups excluding carboxylic acids is 1. The van der Waals surface area contributed by atoms with Crippen LogP contribution >= 0.6 is 11.6 Å². The molecule has 0 unspecified atom stereocenters. The first kappa shape index (κ1) is 17.5. The summed E-state index contributed by atoms with van der Waals surface area (Å²) in [6, 6.07) is 2.98. The normalized spacial score (nSPS) is 10.7. The predicted octanol–water partition coefficient (Wildman–Crippen LogP) is 4.19. The second-order valence-electron chi connectivity index (χ2n) is 5.34. The van der Waals surface area contributed by atoms with Crippen LogP contribution in [0.15, 0.2) is 12.1 Å². The lowest BCUT2D eigenvalue weighted by Crippen LogP contribution is -2.16. The van der Waals surface area contributed by atoms with Gasteiger partial charge in [0.25, 0.3) is 0 Å². The number of unbranched alkanes of at least 4 members (excludes halogenated alkanes) is 1. The van der Waals surface area contributed by atoms with E-state index in [1.807, 2.05) is 20.8 Å². The van der Waals surface area contributed by atoms with Crippen LogP contribution in [0, 0.1) is 5.92 Å². The Morgan fingerprint density at radius 1 is 1.33 bits per heavy atom. The van der Waals surface area contributed by atoms with E-state index >= 15 is 0 Å². The average Bonchev–Trinajstić information content (AvgIpc) is 2.40. The Balaban J connectivity index is 3.19. The second-order valence-corrected chi connectivity index (χ2v) is 5.75. The van der Waals surface area contributed by atoms with Crippen molar-refractivity contribution in [3.05, 3.63) is 33.8 Å². The maximum atomic E-state index is 12.1. The summed E-state index contributed by atoms with van der Waals surface area (Å²) in [5, 5.41) is 9.80. The quantitative estimate of drug-likeness (QED) is 0.605. The molecule has 21 heavy (non-hydrogen) atoms. The van der Waals surface area contributed by atoms with Gasteiger partial charge < -0.3 is 9.84 Å². The third kappa shape index (κ3) is 4.74. The van der Waals surface area contributed by atoms with Crippen LogP contribution in [0.4, 0.5) is 0 Å². The van der Waals surface area contributed by atoms with Gasteiger partial charge in [-0.15, -0.1) is 0 Å². The van der Waals surface area contributed by atoms with E-state index in [4.69, 9.17) is 16.3 Å². The zero-order valence-corrected chi connectivity index (χ0v) is 13.4. The molecule has 1 rings (SSSR count). The minimum atomic E-state index is -1.16. The first-order valence-electron chi connectivity index (χ1n) is 7.10. The van der Waals surface area contributed by atoms with Crippen LogP contribution in [0.2, 0.25) is 5.02 Å². The first-order chi connectivity index (χ1) is 9.88. The lowest BCUT2D eigenvalue weighted by molar-refractivity contribution is 0.0489. The number of hydrogen-bond donors (Lipinski definition) is 1. The fourth-order valence-electron chi connectivity index (χ4n) is 2.03. The average molecular weight is 313 g/mol. The van der Waals surface area contributed by atoms with E-state index < -0.39 is 11.9 Å². The molecule has 0 radical (unpaired) electrons. The molecule has 1 aromatic rings. The molecule has 0 saturated heterocycles. The van der Waals surface area contributed by atoms with Gasteiger partial charge >= 0.3 is 11.9 Å². The van der Waals surface area contributed by atoms with Gasteiger partial charge in [-0.25, -0.2) is 9.59 Å². The lowest BCUT2D eigenvalue weighted by atomic mass is 9.94. The zero-order chi connectivity index (χ0) is 16.0. The molecular weight excluding hydrogens is 292 g/mol. The van der Waals surface area contributed by atoms with Crippen LogP contribution in [0.5, 0.6) is 0 Å². The number of hydrogen-bond acceptors (Lipinski definition) is 3. The molecule has 5 heteroatoms. The van der Waals surface area contributed by atoms with Gasteiger partial charge in [-0.1, -0.05) is 38.8 Å². The molecule has 0 aromatic heterocycles. The molecule has 1 aromatic carbocycles. The fraction of sp³-hybridized carbons (Fsp3) is 0.500. The minimum Gasteiger partial charge on any atom is -0.478 e. The molecule has 4 nitrogen and oxygen atoms in total. The third-order valence-electron chi connectivity index (χ3n) is 3.03. The largest absolute Gasteiger partial charge is 0.478 e. The summed E-state index contributed by atoms with van der Waals surface area (Å²) >= 11 is 6.11. The Morgan fingerprint density at radius 3 is 2.52 bits per heavy atom. The van der Waals surface area contributed by atoms with Crippen molar-refractivity contribution in [2.45, 2.75) is 40.0 Å². The Kier molecular flexibility index (Phi) is 6.69. The number of esters is 1. The van der Waals surface area contributed by atoms with Gasteiger partial charge in [-0.05, 0) is 36.5 Å². The highest BCUT2D eigenvalue weighted by atomic mass is 35.5. The van der Waals surface area contributed by atoms with Crippen molar-refractivity contribution in [2.75, 3.05) is 6.61 Å². The summed E-state index contributed by atoms with van der Waals surface area (Å²) in [4.78, 5) is 23.6. The molecule has 1 N–H and O–H groups in total. The summed E-state index contributed by atoms with van der Waals surface area (Å²) in [6.07, 6.45) is 2.15. The SMILES string of the molecule is CCCCOC(=O)c1ccc(Cl)c(CC(C)C)c1C(=O)O. The number of ether oxygens (including phenoxy) is 1. The summed E-state index contributed by atoms with van der Waals surface area (Å²) in [5.74, 6) is -1.54. The highest BCUT2D eigenvalue weighted by Crippen LogP contribution is 2.27. The van der Waals surface area contributed by atoms with Gasteiger partial charge in [0.1, 0.15) is 0 Å². The summed E-state index contributed by atoms with van der Waals surface area (Å²) in [5.41, 5.74) is 0.514. The maximum absolute atomic E-state index is 12.1. The Labute approximate surface area is 130 Å². The lowest BCUT2D eigenvalue weighted by Gasteiger charge is -2.14. The molecule has 0 aliphatic rings. The van der Waals surface area contributed by atoms with Crippen molar-refractivity contribution >= 4 is 23.5 Å². The smallest absolute Gasteiger partial charge is 0.339 e. The number of halogens is 1. The van der Waals surface area contributed by atoms with Crippen LogP contribution in [-0.4, -0.2) is 23.7 Å². The zero-order valence-electron chi connectivity index (χ0n) is 12.6. The molecule has 0 atom stereocenters. The summed E-state index contributed by atoms with van der Waals surface area (Å²) in [6.45, 7) is 6.21. The van der Waals surface area contributed by atoms with Crippen molar-refractivity contribution in [1.29, 1.82) is 0 Å². The fourth-order valence-corrected chi connectivity index (χ4v) is 2.27. The van der Waals surface area contributed by atoms with Crippen LogP contribution in [0.1, 0.15) is 59.9 Å². The van der Waals surface area contributed by atoms with Crippen LogP contribution in [0.3, 0.4) is 0 Å². The van der Waals surface area contributed by atoms with E-state index in [-0.39, 0.29) is 23.7 Å². The van der Waals surface area contributed by atoms with Crippen LogP contribution in [0.25, 0.3) is 0 Å². The van der Waals surface area contributed by atoms with Gasteiger partial charge in [-0.3, -0.25) is 0 Å². The van der Waals surface area contributed by atoms with Gasteiger partial charge in [-0.2, -0.15) is 0 Å². The molecular formula is C16H21ClO4. The topological polar surface area (TPSA) is 63.6 Å². The molecule has 0 aliphatic carbocycles. The Morgan fingerprint density at radius 2 is 2.00 bits per heavy atom. The van der Waals surface area contributed by atoms with Gasteiger partial charge in [0.2, 0.25) is 0 Å². The van der Waals surface area contributed by atoms with E-state index in [0.29, 0.717) is 17.0 Å². The van der Waals surface area contributed by atoms with Crippen molar-refractivity contribution in [3.63, 3.8) is 0 Å². The third-order valence-corrected chi connectivity index (χ3v) is 3.39. The number of aromatic carboxylic acids is 1. The standard InChI is InChI=1S/C16H21ClO4/c1-4-5-8-21-16(20)11-6-7-13(17)12(9-10(2)3)14(11)15(18)19/h6-7,10H,4-5,8-9H2,1-3H3,(H,18,19). The Bertz CT molecular complexity index is 523. The highest BCUT2D eigenvalue weighted by Gasteiger charge is 2.24. The van der Waals surface area contributed by atoms with E-state index in [0.717, 1.165) is 12.8 Å². The molecule has 0 fully saturated rings. The molecule has 0 bridgehead atoms. The van der Waals surface area contributed by atoms with E-state index in [1.54, 1.807) is 6.07 Å². The molecule has 0 heterocycles. The van der Waals surface area contributed by atoms with Crippen molar-refractivity contribution in [1.82, 2.24) is 0 Å². The van der Waals surface area contributed by atoms with Crippen LogP contribution in [-0.2, 0) is 11.2 Å². The number of carboxylic acids is 1. The number of carbonyl (C=O) groups is 2. The summed E-state index contributed by atoms with van der Waals surface area (Å²) in [7, 11) is 0. The van der Waals surface area contributed by atoms with Gasteiger partial charge in [0, 0.05) is 5.02 Å². The minimum absolute atomic E-state index is 0.0438. The molecule has 0 aliphatic heterocycles. The van der Waals surface area contributed by atoms with E-state index in [9.17, 15) is 14.7 Å². The van der Waals surface area contributed by atoms with Gasteiger partial charge in [0.05, 0.1) is 17.7 Å². The van der Waals surface area contributed by atoms with Crippen molar-refractivity contribution in [2.24, 2.45) is 5.92 Å². The monoisotopic (exact) mass is 312 g/mol. The van der Waals surface area contributed by atoms with Crippen LogP contribution < -0.4 is 0 Å². The molecule has 0 amide bonds. The predicted molar refractivity (Wildman–Crippen MR) is 82.1 cm³/mol. The van der Waals surface area contributed by atoms with Crippen molar-refractivity contribution < 1.29 is 19.4 Å². The van der Waals surface area contributed by atoms with E-state index in [2.05, 4.69) is 0 Å². The number of carboxylic acid groups (broad SMARTS) is 1. The maximum Gasteiger partial charge on any atom is 0.339 e. The highest BCUT2D eigenvalue weighted by molar-refractivity contribution is 6.32. The van der Waals surface area contributed by atoms with E-state index in [1.165, 1.54) is 6.07 Å². The number of benzene rings is 1. The molecule has 0 saturated carbocycles.